The van der Waals surface area contributed by atoms with Crippen molar-refractivity contribution in [2.45, 2.75) is 6.92 Å². The molecule has 1 N–H and O–H groups in total. The Morgan fingerprint density at radius 1 is 1.10 bits per heavy atom. The SMILES string of the molecule is Cc1cc(Cl)cc(Cl)c1OCC(=O)Nc1ccc2oc(-c3cc(Br)ccc3Cl)nc2c1. The van der Waals surface area contributed by atoms with Crippen molar-refractivity contribution in [3.63, 3.8) is 0 Å². The van der Waals surface area contributed by atoms with Crippen LogP contribution in [0.4, 0.5) is 5.69 Å². The second-order valence-corrected chi connectivity index (χ2v) is 8.86. The van der Waals surface area contributed by atoms with Crippen LogP contribution in [-0.4, -0.2) is 17.5 Å². The predicted octanol–water partition coefficient (Wildman–Crippen LogP) is 7.54. The normalized spacial score (nSPS) is 11.0. The van der Waals surface area contributed by atoms with E-state index in [-0.39, 0.29) is 12.5 Å². The summed E-state index contributed by atoms with van der Waals surface area (Å²) >= 11 is 21.8. The molecule has 0 aliphatic rings. The Bertz CT molecular complexity index is 1280. The number of fused-ring (bicyclic) bond motifs is 1. The number of amides is 1. The molecule has 0 saturated heterocycles. The lowest BCUT2D eigenvalue weighted by molar-refractivity contribution is -0.118. The van der Waals surface area contributed by atoms with Crippen LogP contribution in [0.25, 0.3) is 22.6 Å². The van der Waals surface area contributed by atoms with Gasteiger partial charge in [-0.05, 0) is 61.0 Å². The molecule has 9 heteroatoms. The van der Waals surface area contributed by atoms with Gasteiger partial charge < -0.3 is 14.5 Å². The van der Waals surface area contributed by atoms with Gasteiger partial charge in [0.1, 0.15) is 11.3 Å². The largest absolute Gasteiger partial charge is 0.482 e. The number of ether oxygens (including phenoxy) is 1. The first kappa shape index (κ1) is 22.0. The van der Waals surface area contributed by atoms with Gasteiger partial charge in [0.25, 0.3) is 5.91 Å². The van der Waals surface area contributed by atoms with Crippen LogP contribution in [0.5, 0.6) is 5.75 Å². The van der Waals surface area contributed by atoms with Crippen LogP contribution in [0.15, 0.2) is 57.4 Å². The molecule has 3 aromatic carbocycles. The summed E-state index contributed by atoms with van der Waals surface area (Å²) in [7, 11) is 0. The van der Waals surface area contributed by atoms with E-state index < -0.39 is 0 Å². The summed E-state index contributed by atoms with van der Waals surface area (Å²) in [5.74, 6) is 0.466. The Kier molecular flexibility index (Phi) is 6.44. The Labute approximate surface area is 201 Å². The fraction of sp³-hybridized carbons (Fsp3) is 0.0909. The molecular weight excluding hydrogens is 527 g/mol. The summed E-state index contributed by atoms with van der Waals surface area (Å²) in [4.78, 5) is 16.8. The average Bonchev–Trinajstić information content (AvgIpc) is 3.12. The van der Waals surface area contributed by atoms with Crippen LogP contribution in [0.1, 0.15) is 5.56 Å². The molecule has 0 bridgehead atoms. The minimum absolute atomic E-state index is 0.210. The van der Waals surface area contributed by atoms with E-state index in [4.69, 9.17) is 44.0 Å². The maximum Gasteiger partial charge on any atom is 0.262 e. The van der Waals surface area contributed by atoms with Gasteiger partial charge in [-0.15, -0.1) is 0 Å². The predicted molar refractivity (Wildman–Crippen MR) is 127 cm³/mol. The molecule has 4 aromatic rings. The van der Waals surface area contributed by atoms with Crippen LogP contribution in [0, 0.1) is 6.92 Å². The molecule has 5 nitrogen and oxygen atoms in total. The Morgan fingerprint density at radius 3 is 2.68 bits per heavy atom. The lowest BCUT2D eigenvalue weighted by Gasteiger charge is -2.11. The van der Waals surface area contributed by atoms with Gasteiger partial charge in [-0.3, -0.25) is 4.79 Å². The molecule has 0 radical (unpaired) electrons. The van der Waals surface area contributed by atoms with Gasteiger partial charge in [-0.2, -0.15) is 0 Å². The first-order chi connectivity index (χ1) is 14.8. The van der Waals surface area contributed by atoms with Gasteiger partial charge in [-0.1, -0.05) is 50.7 Å². The Balaban J connectivity index is 1.49. The standard InChI is InChI=1S/C22H14BrCl3N2O3/c1-11-6-13(24)8-17(26)21(11)30-10-20(29)27-14-3-5-19-18(9-14)28-22(31-19)15-7-12(23)2-4-16(15)25/h2-9H,10H2,1H3,(H,27,29). The van der Waals surface area contributed by atoms with Crippen LogP contribution >= 0.6 is 50.7 Å². The molecule has 0 unspecified atom stereocenters. The zero-order valence-electron chi connectivity index (χ0n) is 16.0. The second kappa shape index (κ2) is 9.09. The van der Waals surface area contributed by atoms with E-state index in [1.165, 1.54) is 0 Å². The maximum absolute atomic E-state index is 12.3. The zero-order valence-corrected chi connectivity index (χ0v) is 19.9. The third-order valence-electron chi connectivity index (χ3n) is 4.37. The van der Waals surface area contributed by atoms with Gasteiger partial charge in [0.2, 0.25) is 5.89 Å². The highest BCUT2D eigenvalue weighted by Gasteiger charge is 2.14. The first-order valence-corrected chi connectivity index (χ1v) is 11.0. The molecule has 1 heterocycles. The highest BCUT2D eigenvalue weighted by Crippen LogP contribution is 2.33. The fourth-order valence-corrected chi connectivity index (χ4v) is 4.20. The van der Waals surface area contributed by atoms with E-state index in [9.17, 15) is 4.79 Å². The molecule has 1 amide bonds. The summed E-state index contributed by atoms with van der Waals surface area (Å²) in [5, 5.41) is 4.15. The van der Waals surface area contributed by atoms with E-state index in [0.29, 0.717) is 49.1 Å². The van der Waals surface area contributed by atoms with Gasteiger partial charge in [0.15, 0.2) is 12.2 Å². The van der Waals surface area contributed by atoms with Crippen molar-refractivity contribution < 1.29 is 13.9 Å². The highest BCUT2D eigenvalue weighted by molar-refractivity contribution is 9.10. The van der Waals surface area contributed by atoms with Crippen LogP contribution in [-0.2, 0) is 4.79 Å². The molecule has 0 atom stereocenters. The van der Waals surface area contributed by atoms with E-state index >= 15 is 0 Å². The van der Waals surface area contributed by atoms with Crippen molar-refractivity contribution in [2.75, 3.05) is 11.9 Å². The van der Waals surface area contributed by atoms with Crippen LogP contribution < -0.4 is 10.1 Å². The molecule has 0 aliphatic carbocycles. The topological polar surface area (TPSA) is 64.4 Å². The van der Waals surface area contributed by atoms with Gasteiger partial charge in [0.05, 0.1) is 15.6 Å². The number of halogens is 4. The minimum Gasteiger partial charge on any atom is -0.482 e. The van der Waals surface area contributed by atoms with Crippen LogP contribution in [0.3, 0.4) is 0 Å². The van der Waals surface area contributed by atoms with Crippen molar-refractivity contribution >= 4 is 73.4 Å². The van der Waals surface area contributed by atoms with Crippen molar-refractivity contribution in [1.82, 2.24) is 4.98 Å². The summed E-state index contributed by atoms with van der Waals surface area (Å²) in [6, 6.07) is 13.9. The van der Waals surface area contributed by atoms with Crippen molar-refractivity contribution in [3.8, 4) is 17.2 Å². The second-order valence-electron chi connectivity index (χ2n) is 6.70. The molecule has 31 heavy (non-hydrogen) atoms. The number of aryl methyl sites for hydroxylation is 1. The monoisotopic (exact) mass is 538 g/mol. The van der Waals surface area contributed by atoms with E-state index in [1.807, 2.05) is 12.1 Å². The molecule has 4 rings (SSSR count). The average molecular weight is 541 g/mol. The molecule has 158 valence electrons. The van der Waals surface area contributed by atoms with E-state index in [2.05, 4.69) is 26.2 Å². The number of carbonyl (C=O) groups excluding carboxylic acids is 1. The quantitative estimate of drug-likeness (QED) is 0.284. The number of oxazole rings is 1. The molecule has 0 saturated carbocycles. The molecule has 1 aromatic heterocycles. The van der Waals surface area contributed by atoms with Gasteiger partial charge in [-0.25, -0.2) is 4.98 Å². The lowest BCUT2D eigenvalue weighted by Crippen LogP contribution is -2.20. The highest BCUT2D eigenvalue weighted by atomic mass is 79.9. The number of anilines is 1. The summed E-state index contributed by atoms with van der Waals surface area (Å²) in [6.45, 7) is 1.59. The zero-order chi connectivity index (χ0) is 22.1. The Hall–Kier alpha value is -2.25. The third kappa shape index (κ3) is 4.99. The minimum atomic E-state index is -0.344. The Morgan fingerprint density at radius 2 is 1.90 bits per heavy atom. The number of hydrogen-bond acceptors (Lipinski definition) is 4. The van der Waals surface area contributed by atoms with Gasteiger partial charge >= 0.3 is 0 Å². The van der Waals surface area contributed by atoms with E-state index in [0.717, 1.165) is 10.0 Å². The van der Waals surface area contributed by atoms with Crippen LogP contribution in [0.2, 0.25) is 15.1 Å². The smallest absolute Gasteiger partial charge is 0.262 e. The number of nitrogens with one attached hydrogen (secondary N) is 1. The summed E-state index contributed by atoms with van der Waals surface area (Å²) in [6.07, 6.45) is 0. The molecular formula is C22H14BrCl3N2O3. The molecule has 0 spiro atoms. The van der Waals surface area contributed by atoms with Crippen molar-refractivity contribution in [2.24, 2.45) is 0 Å². The van der Waals surface area contributed by atoms with E-state index in [1.54, 1.807) is 43.3 Å². The first-order valence-electron chi connectivity index (χ1n) is 9.04. The summed E-state index contributed by atoms with van der Waals surface area (Å²) < 4.78 is 12.2. The maximum atomic E-state index is 12.3. The third-order valence-corrected chi connectivity index (χ3v) is 5.69. The number of aromatic nitrogens is 1. The number of nitrogens with zero attached hydrogens (tertiary/aromatic N) is 1. The molecule has 0 aliphatic heterocycles. The van der Waals surface area contributed by atoms with Gasteiger partial charge in [0, 0.05) is 15.2 Å². The van der Waals surface area contributed by atoms with Crippen molar-refractivity contribution in [3.05, 3.63) is 73.6 Å². The number of rotatable bonds is 5. The summed E-state index contributed by atoms with van der Waals surface area (Å²) in [5.41, 5.74) is 3.12. The number of benzene rings is 3. The van der Waals surface area contributed by atoms with Crippen molar-refractivity contribution in [1.29, 1.82) is 0 Å². The molecule has 0 fully saturated rings. The number of hydrogen-bond donors (Lipinski definition) is 1. The fourth-order valence-electron chi connectivity index (χ4n) is 2.99. The number of carbonyl (C=O) groups is 1. The lowest BCUT2D eigenvalue weighted by atomic mass is 10.2.